The van der Waals surface area contributed by atoms with Gasteiger partial charge in [0.2, 0.25) is 0 Å². The predicted octanol–water partition coefficient (Wildman–Crippen LogP) is 1.09. The predicted molar refractivity (Wildman–Crippen MR) is 93.2 cm³/mol. The topological polar surface area (TPSA) is 72.7 Å². The number of quaternary nitrogens is 1. The van der Waals surface area contributed by atoms with Gasteiger partial charge in [-0.2, -0.15) is 0 Å². The Balaban J connectivity index is 1.55. The second-order valence-electron chi connectivity index (χ2n) is 6.01. The van der Waals surface area contributed by atoms with E-state index < -0.39 is 0 Å². The molecule has 1 aliphatic heterocycles. The highest BCUT2D eigenvalue weighted by Crippen LogP contribution is 2.25. The van der Waals surface area contributed by atoms with E-state index in [4.69, 9.17) is 4.74 Å². The van der Waals surface area contributed by atoms with Crippen LogP contribution >= 0.6 is 11.3 Å². The maximum absolute atomic E-state index is 12.3. The normalized spacial score (nSPS) is 20.7. The smallest absolute Gasteiger partial charge is 0.314 e. The van der Waals surface area contributed by atoms with Crippen LogP contribution in [0.25, 0.3) is 10.2 Å². The second kappa shape index (κ2) is 7.72. The minimum Gasteiger partial charge on any atom is -0.466 e. The first-order valence-corrected chi connectivity index (χ1v) is 9.13. The Bertz CT molecular complexity index is 698. The fourth-order valence-electron chi connectivity index (χ4n) is 3.09. The number of nitrogens with one attached hydrogen (secondary N) is 2. The summed E-state index contributed by atoms with van der Waals surface area (Å²) in [6.07, 6.45) is 1.79. The lowest BCUT2D eigenvalue weighted by Crippen LogP contribution is -3.14. The first-order chi connectivity index (χ1) is 11.7. The number of ether oxygens (including phenoxy) is 1. The first kappa shape index (κ1) is 16.9. The molecule has 0 aliphatic carbocycles. The average Bonchev–Trinajstić information content (AvgIpc) is 2.97. The highest BCUT2D eigenvalue weighted by atomic mass is 32.1. The van der Waals surface area contributed by atoms with Crippen molar-refractivity contribution in [2.75, 3.05) is 31.6 Å². The highest BCUT2D eigenvalue weighted by Gasteiger charge is 2.30. The maximum Gasteiger partial charge on any atom is 0.314 e. The number of thiazole rings is 1. The van der Waals surface area contributed by atoms with Gasteiger partial charge >= 0.3 is 5.97 Å². The Morgan fingerprint density at radius 1 is 1.42 bits per heavy atom. The van der Waals surface area contributed by atoms with E-state index in [1.807, 2.05) is 31.2 Å². The average molecular weight is 348 g/mol. The van der Waals surface area contributed by atoms with Crippen LogP contribution in [0.5, 0.6) is 0 Å². The SMILES string of the molecule is CCOC(=O)[C@H]1CCC[NH+](CC(=O)Nc2nc3ccccc3s2)C1. The summed E-state index contributed by atoms with van der Waals surface area (Å²) in [5, 5.41) is 3.50. The molecule has 0 spiro atoms. The third kappa shape index (κ3) is 4.10. The minimum absolute atomic E-state index is 0.0615. The number of benzene rings is 1. The van der Waals surface area contributed by atoms with E-state index in [0.717, 1.165) is 34.5 Å². The first-order valence-electron chi connectivity index (χ1n) is 8.31. The van der Waals surface area contributed by atoms with Gasteiger partial charge in [0.15, 0.2) is 11.7 Å². The van der Waals surface area contributed by atoms with Crippen LogP contribution in [0.2, 0.25) is 0 Å². The molecule has 2 N–H and O–H groups in total. The van der Waals surface area contributed by atoms with Crippen LogP contribution in [0, 0.1) is 5.92 Å². The van der Waals surface area contributed by atoms with Crippen LogP contribution in [0.1, 0.15) is 19.8 Å². The highest BCUT2D eigenvalue weighted by molar-refractivity contribution is 7.22. The summed E-state index contributed by atoms with van der Waals surface area (Å²) in [4.78, 5) is 29.7. The number of amides is 1. The number of rotatable bonds is 5. The number of likely N-dealkylation sites (tertiary alicyclic amines) is 1. The number of esters is 1. The summed E-state index contributed by atoms with van der Waals surface area (Å²) >= 11 is 1.47. The summed E-state index contributed by atoms with van der Waals surface area (Å²) in [7, 11) is 0. The Kier molecular flexibility index (Phi) is 5.42. The van der Waals surface area contributed by atoms with Gasteiger partial charge in [-0.15, -0.1) is 0 Å². The molecule has 128 valence electrons. The number of fused-ring (bicyclic) bond motifs is 1. The number of aromatic nitrogens is 1. The number of anilines is 1. The molecule has 24 heavy (non-hydrogen) atoms. The van der Waals surface area contributed by atoms with Gasteiger partial charge in [-0.3, -0.25) is 14.9 Å². The van der Waals surface area contributed by atoms with E-state index in [9.17, 15) is 9.59 Å². The van der Waals surface area contributed by atoms with E-state index in [1.165, 1.54) is 11.3 Å². The van der Waals surface area contributed by atoms with E-state index in [1.54, 1.807) is 0 Å². The molecule has 2 atom stereocenters. The van der Waals surface area contributed by atoms with Crippen LogP contribution in [0.15, 0.2) is 24.3 Å². The van der Waals surface area contributed by atoms with Crippen LogP contribution in [0.3, 0.4) is 0 Å². The molecule has 0 radical (unpaired) electrons. The van der Waals surface area contributed by atoms with Crippen molar-refractivity contribution in [2.45, 2.75) is 19.8 Å². The molecular weight excluding hydrogens is 326 g/mol. The number of carbonyl (C=O) groups is 2. The quantitative estimate of drug-likeness (QED) is 0.794. The summed E-state index contributed by atoms with van der Waals surface area (Å²) < 4.78 is 6.16. The van der Waals surface area contributed by atoms with Gasteiger partial charge < -0.3 is 9.64 Å². The Hall–Kier alpha value is -1.99. The van der Waals surface area contributed by atoms with E-state index in [2.05, 4.69) is 10.3 Å². The molecule has 1 saturated heterocycles. The molecule has 1 amide bonds. The lowest BCUT2D eigenvalue weighted by Gasteiger charge is -2.28. The largest absolute Gasteiger partial charge is 0.466 e. The molecular formula is C17H22N3O3S+. The monoisotopic (exact) mass is 348 g/mol. The number of hydrogen-bond acceptors (Lipinski definition) is 5. The van der Waals surface area contributed by atoms with Crippen LogP contribution in [-0.4, -0.2) is 43.1 Å². The van der Waals surface area contributed by atoms with Gasteiger partial charge in [0.05, 0.1) is 29.9 Å². The van der Waals surface area contributed by atoms with Gasteiger partial charge in [-0.05, 0) is 31.9 Å². The molecule has 1 unspecified atom stereocenters. The van der Waals surface area contributed by atoms with Crippen molar-refractivity contribution in [2.24, 2.45) is 5.92 Å². The molecule has 2 aromatic rings. The summed E-state index contributed by atoms with van der Waals surface area (Å²) in [5.74, 6) is -0.293. The van der Waals surface area contributed by atoms with Gasteiger partial charge in [0, 0.05) is 0 Å². The Morgan fingerprint density at radius 2 is 2.25 bits per heavy atom. The zero-order valence-electron chi connectivity index (χ0n) is 13.7. The number of nitrogens with zero attached hydrogens (tertiary/aromatic N) is 1. The molecule has 1 aromatic carbocycles. The van der Waals surface area contributed by atoms with Crippen LogP contribution in [-0.2, 0) is 14.3 Å². The third-order valence-electron chi connectivity index (χ3n) is 4.19. The molecule has 0 saturated carbocycles. The third-order valence-corrected chi connectivity index (χ3v) is 5.14. The van der Waals surface area contributed by atoms with Gasteiger partial charge in [-0.1, -0.05) is 23.5 Å². The van der Waals surface area contributed by atoms with Crippen molar-refractivity contribution in [3.8, 4) is 0 Å². The van der Waals surface area contributed by atoms with Gasteiger partial charge in [-0.25, -0.2) is 4.98 Å². The number of para-hydroxylation sites is 1. The number of piperidine rings is 1. The summed E-state index contributed by atoms with van der Waals surface area (Å²) in [6, 6.07) is 7.81. The molecule has 3 rings (SSSR count). The van der Waals surface area contributed by atoms with E-state index in [0.29, 0.717) is 24.8 Å². The van der Waals surface area contributed by atoms with Crippen molar-refractivity contribution >= 4 is 38.6 Å². The van der Waals surface area contributed by atoms with Crippen molar-refractivity contribution < 1.29 is 19.2 Å². The van der Waals surface area contributed by atoms with Crippen molar-refractivity contribution in [3.05, 3.63) is 24.3 Å². The molecule has 2 heterocycles. The van der Waals surface area contributed by atoms with Crippen LogP contribution in [0.4, 0.5) is 5.13 Å². The van der Waals surface area contributed by atoms with Crippen molar-refractivity contribution in [3.63, 3.8) is 0 Å². The number of hydrogen-bond donors (Lipinski definition) is 2. The standard InChI is InChI=1S/C17H21N3O3S/c1-2-23-16(22)12-6-5-9-20(10-12)11-15(21)19-17-18-13-7-3-4-8-14(13)24-17/h3-4,7-8,12H,2,5-6,9-11H2,1H3,(H,18,19,21)/p+1/t12-/m0/s1. The zero-order valence-corrected chi connectivity index (χ0v) is 14.5. The lowest BCUT2D eigenvalue weighted by molar-refractivity contribution is -0.899. The van der Waals surface area contributed by atoms with E-state index in [-0.39, 0.29) is 17.8 Å². The van der Waals surface area contributed by atoms with Crippen molar-refractivity contribution in [1.82, 2.24) is 4.98 Å². The van der Waals surface area contributed by atoms with E-state index >= 15 is 0 Å². The molecule has 7 heteroatoms. The van der Waals surface area contributed by atoms with Crippen LogP contribution < -0.4 is 10.2 Å². The lowest BCUT2D eigenvalue weighted by atomic mass is 9.98. The fourth-order valence-corrected chi connectivity index (χ4v) is 3.97. The molecule has 0 bridgehead atoms. The fraction of sp³-hybridized carbons (Fsp3) is 0.471. The molecule has 1 aliphatic rings. The zero-order chi connectivity index (χ0) is 16.9. The molecule has 1 fully saturated rings. The minimum atomic E-state index is -0.138. The molecule has 6 nitrogen and oxygen atoms in total. The van der Waals surface area contributed by atoms with Gasteiger partial charge in [0.1, 0.15) is 5.92 Å². The Morgan fingerprint density at radius 3 is 3.04 bits per heavy atom. The maximum atomic E-state index is 12.3. The molecule has 1 aromatic heterocycles. The van der Waals surface area contributed by atoms with Crippen molar-refractivity contribution in [1.29, 1.82) is 0 Å². The Labute approximate surface area is 144 Å². The summed E-state index contributed by atoms with van der Waals surface area (Å²) in [6.45, 7) is 4.14. The second-order valence-corrected chi connectivity index (χ2v) is 7.04. The number of carbonyl (C=O) groups excluding carboxylic acids is 2. The summed E-state index contributed by atoms with van der Waals surface area (Å²) in [5.41, 5.74) is 0.894. The van der Waals surface area contributed by atoms with Gasteiger partial charge in [0.25, 0.3) is 5.91 Å².